The first-order valence-electron chi connectivity index (χ1n) is 6.82. The summed E-state index contributed by atoms with van der Waals surface area (Å²) in [6, 6.07) is -2.18. The molecule has 0 aliphatic rings. The molecule has 0 saturated carbocycles. The second-order valence-electron chi connectivity index (χ2n) is 4.67. The van der Waals surface area contributed by atoms with E-state index < -0.39 is 54.8 Å². The average molecular weight is 364 g/mol. The van der Waals surface area contributed by atoms with Gasteiger partial charge in [-0.2, -0.15) is 12.6 Å². The van der Waals surface area contributed by atoms with Gasteiger partial charge in [-0.1, -0.05) is 0 Å². The molecule has 0 saturated heterocycles. The van der Waals surface area contributed by atoms with Gasteiger partial charge in [0.15, 0.2) is 0 Å². The van der Waals surface area contributed by atoms with Crippen molar-refractivity contribution in [2.75, 3.05) is 18.8 Å². The molecule has 0 rings (SSSR count). The van der Waals surface area contributed by atoms with Crippen molar-refractivity contribution in [3.05, 3.63) is 0 Å². The molecule has 0 bridgehead atoms. The normalized spacial score (nSPS) is 12.6. The number of carbonyl (C=O) groups excluding carboxylic acids is 3. The van der Waals surface area contributed by atoms with E-state index in [1.807, 2.05) is 5.32 Å². The van der Waals surface area contributed by atoms with Crippen LogP contribution in [0.1, 0.15) is 12.8 Å². The lowest BCUT2D eigenvalue weighted by molar-refractivity contribution is -0.138. The summed E-state index contributed by atoms with van der Waals surface area (Å²) in [7, 11) is 0. The Morgan fingerprint density at radius 2 is 1.58 bits per heavy atom. The molecular formula is C12H20N4O7S. The maximum atomic E-state index is 12.0. The SMILES string of the molecule is NC(CS)C(=O)NC(CCC(=O)O)C(=O)NCC(=O)NCC(=O)O. The summed E-state index contributed by atoms with van der Waals surface area (Å²) >= 11 is 3.84. The molecule has 0 fully saturated rings. The Morgan fingerprint density at radius 3 is 2.08 bits per heavy atom. The lowest BCUT2D eigenvalue weighted by Gasteiger charge is -2.19. The summed E-state index contributed by atoms with van der Waals surface area (Å²) in [5.41, 5.74) is 5.45. The molecule has 0 spiro atoms. The van der Waals surface area contributed by atoms with Crippen LogP contribution >= 0.6 is 12.6 Å². The topological polar surface area (TPSA) is 188 Å². The minimum Gasteiger partial charge on any atom is -0.481 e. The van der Waals surface area contributed by atoms with Crippen molar-refractivity contribution in [1.29, 1.82) is 0 Å². The van der Waals surface area contributed by atoms with Crippen molar-refractivity contribution in [3.8, 4) is 0 Å². The molecule has 136 valence electrons. The van der Waals surface area contributed by atoms with Crippen molar-refractivity contribution in [1.82, 2.24) is 16.0 Å². The number of aliphatic carboxylic acids is 2. The van der Waals surface area contributed by atoms with E-state index in [0.29, 0.717) is 0 Å². The third-order valence-corrected chi connectivity index (χ3v) is 3.07. The number of thiol groups is 1. The summed E-state index contributed by atoms with van der Waals surface area (Å²) in [6.45, 7) is -1.13. The molecule has 0 heterocycles. The van der Waals surface area contributed by atoms with Crippen molar-refractivity contribution >= 4 is 42.3 Å². The number of amides is 3. The molecule has 0 radical (unpaired) electrons. The predicted octanol–water partition coefficient (Wildman–Crippen LogP) is -3.09. The second-order valence-corrected chi connectivity index (χ2v) is 5.04. The van der Waals surface area contributed by atoms with Crippen LogP contribution in [0.4, 0.5) is 0 Å². The highest BCUT2D eigenvalue weighted by Crippen LogP contribution is 1.99. The first-order valence-corrected chi connectivity index (χ1v) is 7.45. The monoisotopic (exact) mass is 364 g/mol. The van der Waals surface area contributed by atoms with E-state index in [2.05, 4.69) is 23.3 Å². The summed E-state index contributed by atoms with van der Waals surface area (Å²) < 4.78 is 0. The standard InChI is InChI=1S/C12H20N4O7S/c13-6(5-24)11(22)16-7(1-2-9(18)19)12(23)15-3-8(17)14-4-10(20)21/h6-7,24H,1-5,13H2,(H,14,17)(H,15,23)(H,16,22)(H,18,19)(H,20,21). The van der Waals surface area contributed by atoms with Crippen molar-refractivity contribution in [3.63, 3.8) is 0 Å². The summed E-state index contributed by atoms with van der Waals surface area (Å²) in [5, 5.41) is 23.6. The minimum atomic E-state index is -1.25. The van der Waals surface area contributed by atoms with Crippen LogP contribution in [0.5, 0.6) is 0 Å². The Balaban J connectivity index is 4.61. The van der Waals surface area contributed by atoms with E-state index in [0.717, 1.165) is 0 Å². The van der Waals surface area contributed by atoms with Crippen LogP contribution in [0, 0.1) is 0 Å². The highest BCUT2D eigenvalue weighted by Gasteiger charge is 2.24. The summed E-state index contributed by atoms with van der Waals surface area (Å²) in [5.74, 6) is -4.62. The quantitative estimate of drug-likeness (QED) is 0.188. The molecular weight excluding hydrogens is 344 g/mol. The molecule has 12 heteroatoms. The lowest BCUT2D eigenvalue weighted by Crippen LogP contribution is -2.53. The number of rotatable bonds is 11. The number of carboxylic acid groups (broad SMARTS) is 2. The molecule has 0 aliphatic carbocycles. The van der Waals surface area contributed by atoms with Crippen LogP contribution in [0.2, 0.25) is 0 Å². The van der Waals surface area contributed by atoms with Gasteiger partial charge >= 0.3 is 11.9 Å². The molecule has 24 heavy (non-hydrogen) atoms. The van der Waals surface area contributed by atoms with Gasteiger partial charge in [0.2, 0.25) is 17.7 Å². The van der Waals surface area contributed by atoms with Crippen LogP contribution < -0.4 is 21.7 Å². The van der Waals surface area contributed by atoms with Crippen LogP contribution in [-0.2, 0) is 24.0 Å². The van der Waals surface area contributed by atoms with Gasteiger partial charge in [-0.05, 0) is 6.42 Å². The highest BCUT2D eigenvalue weighted by atomic mass is 32.1. The minimum absolute atomic E-state index is 0.0245. The molecule has 2 atom stereocenters. The van der Waals surface area contributed by atoms with E-state index in [-0.39, 0.29) is 18.6 Å². The van der Waals surface area contributed by atoms with Gasteiger partial charge in [0.1, 0.15) is 12.6 Å². The Morgan fingerprint density at radius 1 is 0.958 bits per heavy atom. The number of hydrogen-bond donors (Lipinski definition) is 7. The van der Waals surface area contributed by atoms with Crippen molar-refractivity contribution in [2.24, 2.45) is 5.73 Å². The third-order valence-electron chi connectivity index (χ3n) is 2.67. The molecule has 0 aliphatic heterocycles. The number of nitrogens with one attached hydrogen (secondary N) is 3. The molecule has 3 amide bonds. The molecule has 2 unspecified atom stereocenters. The summed E-state index contributed by atoms with van der Waals surface area (Å²) in [6.07, 6.45) is -0.595. The first-order chi connectivity index (χ1) is 11.2. The molecule has 7 N–H and O–H groups in total. The van der Waals surface area contributed by atoms with Crippen molar-refractivity contribution < 1.29 is 34.2 Å². The third kappa shape index (κ3) is 9.63. The molecule has 0 aromatic heterocycles. The van der Waals surface area contributed by atoms with Crippen LogP contribution in [0.25, 0.3) is 0 Å². The van der Waals surface area contributed by atoms with Crippen LogP contribution in [0.3, 0.4) is 0 Å². The van der Waals surface area contributed by atoms with Gasteiger partial charge in [0.25, 0.3) is 0 Å². The van der Waals surface area contributed by atoms with E-state index in [9.17, 15) is 24.0 Å². The second kappa shape index (κ2) is 11.2. The molecule has 0 aromatic rings. The number of nitrogens with two attached hydrogens (primary N) is 1. The first kappa shape index (κ1) is 21.7. The Labute approximate surface area is 142 Å². The van der Waals surface area contributed by atoms with E-state index in [1.165, 1.54) is 0 Å². The number of carboxylic acids is 2. The van der Waals surface area contributed by atoms with E-state index in [1.54, 1.807) is 0 Å². The van der Waals surface area contributed by atoms with Gasteiger partial charge < -0.3 is 31.9 Å². The Kier molecular flexibility index (Phi) is 10.1. The average Bonchev–Trinajstić information content (AvgIpc) is 2.52. The highest BCUT2D eigenvalue weighted by molar-refractivity contribution is 7.80. The summed E-state index contributed by atoms with van der Waals surface area (Å²) in [4.78, 5) is 55.9. The predicted molar refractivity (Wildman–Crippen MR) is 84.3 cm³/mol. The Hall–Kier alpha value is -2.34. The zero-order valence-electron chi connectivity index (χ0n) is 12.7. The van der Waals surface area contributed by atoms with Crippen LogP contribution in [0.15, 0.2) is 0 Å². The lowest BCUT2D eigenvalue weighted by atomic mass is 10.1. The molecule has 0 aromatic carbocycles. The number of carbonyl (C=O) groups is 5. The maximum Gasteiger partial charge on any atom is 0.322 e. The largest absolute Gasteiger partial charge is 0.481 e. The van der Waals surface area contributed by atoms with Gasteiger partial charge in [-0.3, -0.25) is 24.0 Å². The van der Waals surface area contributed by atoms with E-state index >= 15 is 0 Å². The van der Waals surface area contributed by atoms with Gasteiger partial charge in [0, 0.05) is 12.2 Å². The fourth-order valence-electron chi connectivity index (χ4n) is 1.43. The maximum absolute atomic E-state index is 12.0. The van der Waals surface area contributed by atoms with Crippen molar-refractivity contribution in [2.45, 2.75) is 24.9 Å². The Bertz CT molecular complexity index is 500. The molecule has 11 nitrogen and oxygen atoms in total. The smallest absolute Gasteiger partial charge is 0.322 e. The fraction of sp³-hybridized carbons (Fsp3) is 0.583. The van der Waals surface area contributed by atoms with Gasteiger partial charge in [-0.25, -0.2) is 0 Å². The van der Waals surface area contributed by atoms with Crippen LogP contribution in [-0.4, -0.2) is 70.8 Å². The van der Waals surface area contributed by atoms with E-state index in [4.69, 9.17) is 15.9 Å². The zero-order valence-corrected chi connectivity index (χ0v) is 13.5. The van der Waals surface area contributed by atoms with Gasteiger partial charge in [-0.15, -0.1) is 0 Å². The fourth-order valence-corrected chi connectivity index (χ4v) is 1.59. The van der Waals surface area contributed by atoms with Gasteiger partial charge in [0.05, 0.1) is 12.6 Å². The number of hydrogen-bond acceptors (Lipinski definition) is 7. The zero-order chi connectivity index (χ0) is 18.7.